The first-order valence-corrected chi connectivity index (χ1v) is 9.36. The maximum Gasteiger partial charge on any atom is 0.119 e. The Morgan fingerprint density at radius 1 is 1.09 bits per heavy atom. The van der Waals surface area contributed by atoms with Gasteiger partial charge in [-0.25, -0.2) is 0 Å². The van der Waals surface area contributed by atoms with Crippen LogP contribution in [0.2, 0.25) is 0 Å². The predicted octanol–water partition coefficient (Wildman–Crippen LogP) is 4.34. The third-order valence-electron chi connectivity index (χ3n) is 5.03. The molecule has 1 N–H and O–H groups in total. The van der Waals surface area contributed by atoms with Gasteiger partial charge in [0.2, 0.25) is 0 Å². The van der Waals surface area contributed by atoms with E-state index in [9.17, 15) is 5.11 Å². The Labute approximate surface area is 141 Å². The Morgan fingerprint density at radius 3 is 2.39 bits per heavy atom. The monoisotopic (exact) mass is 319 g/mol. The Kier molecular flexibility index (Phi) is 7.38. The van der Waals surface area contributed by atoms with Gasteiger partial charge >= 0.3 is 0 Å². The molecular formula is C20H33NO2. The minimum Gasteiger partial charge on any atom is -0.494 e. The Bertz CT molecular complexity index is 439. The molecule has 0 aliphatic carbocycles. The van der Waals surface area contributed by atoms with Crippen molar-refractivity contribution >= 4 is 0 Å². The quantitative estimate of drug-likeness (QED) is 0.687. The molecule has 1 aliphatic heterocycles. The zero-order valence-corrected chi connectivity index (χ0v) is 14.9. The summed E-state index contributed by atoms with van der Waals surface area (Å²) in [5.41, 5.74) is 0.291. The summed E-state index contributed by atoms with van der Waals surface area (Å²) in [6.45, 7) is 8.36. The third-order valence-corrected chi connectivity index (χ3v) is 5.03. The van der Waals surface area contributed by atoms with E-state index in [1.54, 1.807) is 0 Å². The SMILES string of the molecule is CCCCOc1ccc([C@](O)(CC)CCN2CCCCC2)cc1. The van der Waals surface area contributed by atoms with Crippen LogP contribution in [0.25, 0.3) is 0 Å². The van der Waals surface area contributed by atoms with Crippen LogP contribution in [0.15, 0.2) is 24.3 Å². The summed E-state index contributed by atoms with van der Waals surface area (Å²) in [5.74, 6) is 0.900. The molecule has 1 heterocycles. The number of hydrogen-bond donors (Lipinski definition) is 1. The predicted molar refractivity (Wildman–Crippen MR) is 95.9 cm³/mol. The van der Waals surface area contributed by atoms with Gasteiger partial charge in [0.25, 0.3) is 0 Å². The minimum atomic E-state index is -0.723. The Balaban J connectivity index is 1.91. The fourth-order valence-electron chi connectivity index (χ4n) is 3.25. The molecule has 0 unspecified atom stereocenters. The maximum absolute atomic E-state index is 11.1. The number of nitrogens with zero attached hydrogens (tertiary/aromatic N) is 1. The number of piperidine rings is 1. The van der Waals surface area contributed by atoms with Gasteiger partial charge in [0, 0.05) is 6.54 Å². The van der Waals surface area contributed by atoms with Crippen LogP contribution < -0.4 is 4.74 Å². The molecule has 1 fully saturated rings. The van der Waals surface area contributed by atoms with Crippen LogP contribution >= 0.6 is 0 Å². The van der Waals surface area contributed by atoms with E-state index in [4.69, 9.17) is 4.74 Å². The second-order valence-corrected chi connectivity index (χ2v) is 6.76. The maximum atomic E-state index is 11.1. The Hall–Kier alpha value is -1.06. The molecule has 130 valence electrons. The van der Waals surface area contributed by atoms with Gasteiger partial charge in [0.05, 0.1) is 12.2 Å². The fourth-order valence-corrected chi connectivity index (χ4v) is 3.25. The van der Waals surface area contributed by atoms with Crippen molar-refractivity contribution in [3.63, 3.8) is 0 Å². The van der Waals surface area contributed by atoms with Crippen molar-refractivity contribution in [1.82, 2.24) is 4.90 Å². The second-order valence-electron chi connectivity index (χ2n) is 6.76. The molecule has 0 saturated carbocycles. The molecule has 3 heteroatoms. The lowest BCUT2D eigenvalue weighted by molar-refractivity contribution is 0.0115. The molecule has 23 heavy (non-hydrogen) atoms. The molecule has 1 aromatic carbocycles. The number of rotatable bonds is 9. The van der Waals surface area contributed by atoms with Crippen molar-refractivity contribution in [2.24, 2.45) is 0 Å². The summed E-state index contributed by atoms with van der Waals surface area (Å²) in [4.78, 5) is 2.49. The summed E-state index contributed by atoms with van der Waals surface area (Å²) >= 11 is 0. The molecule has 1 aliphatic rings. The van der Waals surface area contributed by atoms with Gasteiger partial charge in [0.15, 0.2) is 0 Å². The lowest BCUT2D eigenvalue weighted by Gasteiger charge is -2.32. The van der Waals surface area contributed by atoms with Crippen LogP contribution in [0.1, 0.15) is 64.4 Å². The smallest absolute Gasteiger partial charge is 0.119 e. The Morgan fingerprint density at radius 2 is 1.78 bits per heavy atom. The van der Waals surface area contributed by atoms with Gasteiger partial charge in [-0.05, 0) is 62.9 Å². The molecule has 3 nitrogen and oxygen atoms in total. The molecule has 0 spiro atoms. The molecule has 1 aromatic rings. The normalized spacial score (nSPS) is 18.6. The highest BCUT2D eigenvalue weighted by Gasteiger charge is 2.28. The molecule has 0 bridgehead atoms. The highest BCUT2D eigenvalue weighted by Crippen LogP contribution is 2.30. The van der Waals surface area contributed by atoms with Crippen molar-refractivity contribution in [1.29, 1.82) is 0 Å². The van der Waals surface area contributed by atoms with E-state index in [0.717, 1.165) is 50.1 Å². The van der Waals surface area contributed by atoms with Gasteiger partial charge in [-0.3, -0.25) is 0 Å². The zero-order valence-electron chi connectivity index (χ0n) is 14.9. The topological polar surface area (TPSA) is 32.7 Å². The van der Waals surface area contributed by atoms with Crippen molar-refractivity contribution in [3.8, 4) is 5.75 Å². The van der Waals surface area contributed by atoms with Crippen LogP contribution in [-0.2, 0) is 5.60 Å². The number of ether oxygens (including phenoxy) is 1. The average molecular weight is 319 g/mol. The molecule has 0 aromatic heterocycles. The summed E-state index contributed by atoms with van der Waals surface area (Å²) in [6, 6.07) is 8.04. The lowest BCUT2D eigenvalue weighted by atomic mass is 9.87. The first-order chi connectivity index (χ1) is 11.2. The van der Waals surface area contributed by atoms with Crippen molar-refractivity contribution in [3.05, 3.63) is 29.8 Å². The molecule has 1 saturated heterocycles. The highest BCUT2D eigenvalue weighted by molar-refractivity contribution is 5.31. The average Bonchev–Trinajstić information content (AvgIpc) is 2.61. The van der Waals surface area contributed by atoms with E-state index in [1.165, 1.54) is 32.4 Å². The van der Waals surface area contributed by atoms with Gasteiger partial charge in [-0.15, -0.1) is 0 Å². The van der Waals surface area contributed by atoms with E-state index in [2.05, 4.69) is 18.7 Å². The summed E-state index contributed by atoms with van der Waals surface area (Å²) in [5, 5.41) is 11.1. The van der Waals surface area contributed by atoms with E-state index < -0.39 is 5.60 Å². The zero-order chi connectivity index (χ0) is 16.5. The number of aliphatic hydroxyl groups is 1. The van der Waals surface area contributed by atoms with Crippen LogP contribution in [0.4, 0.5) is 0 Å². The fraction of sp³-hybridized carbons (Fsp3) is 0.700. The van der Waals surface area contributed by atoms with Crippen LogP contribution in [0, 0.1) is 0 Å². The standard InChI is InChI=1S/C20H33NO2/c1-3-5-17-23-19-11-9-18(10-12-19)20(22,4-2)13-16-21-14-7-6-8-15-21/h9-12,22H,3-8,13-17H2,1-2H3/t20-/m0/s1. The van der Waals surface area contributed by atoms with E-state index in [-0.39, 0.29) is 0 Å². The summed E-state index contributed by atoms with van der Waals surface area (Å²) < 4.78 is 5.71. The van der Waals surface area contributed by atoms with E-state index in [1.807, 2.05) is 24.3 Å². The van der Waals surface area contributed by atoms with E-state index in [0.29, 0.717) is 0 Å². The highest BCUT2D eigenvalue weighted by atomic mass is 16.5. The molecule has 0 amide bonds. The third kappa shape index (κ3) is 5.50. The van der Waals surface area contributed by atoms with Gasteiger partial charge in [-0.2, -0.15) is 0 Å². The summed E-state index contributed by atoms with van der Waals surface area (Å²) in [6.07, 6.45) is 7.73. The van der Waals surface area contributed by atoms with Gasteiger partial charge in [0.1, 0.15) is 5.75 Å². The van der Waals surface area contributed by atoms with Crippen LogP contribution in [0.5, 0.6) is 5.75 Å². The molecule has 0 radical (unpaired) electrons. The molecule has 1 atom stereocenters. The van der Waals surface area contributed by atoms with Crippen molar-refractivity contribution in [2.45, 2.75) is 64.4 Å². The van der Waals surface area contributed by atoms with E-state index >= 15 is 0 Å². The first-order valence-electron chi connectivity index (χ1n) is 9.36. The lowest BCUT2D eigenvalue weighted by Crippen LogP contribution is -2.36. The minimum absolute atomic E-state index is 0.723. The number of likely N-dealkylation sites (tertiary alicyclic amines) is 1. The second kappa shape index (κ2) is 9.29. The largest absolute Gasteiger partial charge is 0.494 e. The van der Waals surface area contributed by atoms with Gasteiger partial charge < -0.3 is 14.7 Å². The number of hydrogen-bond acceptors (Lipinski definition) is 3. The molecular weight excluding hydrogens is 286 g/mol. The summed E-state index contributed by atoms with van der Waals surface area (Å²) in [7, 11) is 0. The van der Waals surface area contributed by atoms with Crippen LogP contribution in [-0.4, -0.2) is 36.2 Å². The number of unbranched alkanes of at least 4 members (excludes halogenated alkanes) is 1. The van der Waals surface area contributed by atoms with Crippen LogP contribution in [0.3, 0.4) is 0 Å². The van der Waals surface area contributed by atoms with Gasteiger partial charge in [-0.1, -0.05) is 38.8 Å². The number of benzene rings is 1. The first kappa shape index (κ1) is 18.3. The molecule has 2 rings (SSSR count). The van der Waals surface area contributed by atoms with Crippen molar-refractivity contribution < 1.29 is 9.84 Å². The van der Waals surface area contributed by atoms with Crippen molar-refractivity contribution in [2.75, 3.05) is 26.2 Å².